The van der Waals surface area contributed by atoms with E-state index in [0.717, 1.165) is 59.3 Å². The lowest BCUT2D eigenvalue weighted by atomic mass is 9.85. The maximum Gasteiger partial charge on any atom is 0.257 e. The summed E-state index contributed by atoms with van der Waals surface area (Å²) >= 11 is 0. The minimum atomic E-state index is -0.500. The van der Waals surface area contributed by atoms with Crippen molar-refractivity contribution in [2.45, 2.75) is 81.7 Å². The standard InChI is InChI=1S/C29H33F2N5O.C2H6.3CH4/c1-17-12-18(2)28(22(30)13-17)20-7-10-35(11-8-20)19(3)26-14-21-25(6-9-33-29(21)34(26)5)36-16-23(31)24(32-4)15-27(36)37;1-2;;;/h6,9,12-16,19-20,32H,7-8,10-11H2,1-5H3;1-2H3;3*1H4. The van der Waals surface area contributed by atoms with E-state index in [4.69, 9.17) is 0 Å². The van der Waals surface area contributed by atoms with E-state index in [9.17, 15) is 13.6 Å². The smallest absolute Gasteiger partial charge is 0.257 e. The highest BCUT2D eigenvalue weighted by Gasteiger charge is 2.29. The van der Waals surface area contributed by atoms with Gasteiger partial charge in [-0.15, -0.1) is 0 Å². The molecule has 1 fully saturated rings. The lowest BCUT2D eigenvalue weighted by molar-refractivity contribution is 0.157. The van der Waals surface area contributed by atoms with Crippen molar-refractivity contribution in [2.24, 2.45) is 7.05 Å². The Labute approximate surface area is 251 Å². The van der Waals surface area contributed by atoms with Gasteiger partial charge in [0.1, 0.15) is 11.5 Å². The van der Waals surface area contributed by atoms with E-state index >= 15 is 0 Å². The highest BCUT2D eigenvalue weighted by molar-refractivity contribution is 5.86. The van der Waals surface area contributed by atoms with E-state index in [1.54, 1.807) is 25.4 Å². The minimum Gasteiger partial charge on any atom is -0.386 e. The first-order valence-electron chi connectivity index (χ1n) is 13.7. The Balaban J connectivity index is 0.00000173. The van der Waals surface area contributed by atoms with Gasteiger partial charge in [0.15, 0.2) is 5.82 Å². The molecule has 3 aromatic heterocycles. The molecule has 0 radical (unpaired) electrons. The topological polar surface area (TPSA) is 55.1 Å². The molecule has 1 unspecified atom stereocenters. The number of likely N-dealkylation sites (tertiary alicyclic amines) is 1. The van der Waals surface area contributed by atoms with Gasteiger partial charge in [-0.05, 0) is 87.5 Å². The third-order valence-corrected chi connectivity index (χ3v) is 7.87. The van der Waals surface area contributed by atoms with Gasteiger partial charge in [-0.3, -0.25) is 14.3 Å². The van der Waals surface area contributed by atoms with Crippen LogP contribution in [0.3, 0.4) is 0 Å². The number of hydrogen-bond donors (Lipinski definition) is 1. The highest BCUT2D eigenvalue weighted by Crippen LogP contribution is 2.36. The van der Waals surface area contributed by atoms with Crippen molar-refractivity contribution in [2.75, 3.05) is 25.5 Å². The summed E-state index contributed by atoms with van der Waals surface area (Å²) in [6.07, 6.45) is 4.65. The first kappa shape index (κ1) is 36.5. The van der Waals surface area contributed by atoms with Gasteiger partial charge in [-0.2, -0.15) is 0 Å². The largest absolute Gasteiger partial charge is 0.386 e. The average molecular weight is 584 g/mol. The molecule has 1 aliphatic heterocycles. The van der Waals surface area contributed by atoms with Crippen molar-refractivity contribution in [1.82, 2.24) is 19.0 Å². The Morgan fingerprint density at radius 2 is 1.64 bits per heavy atom. The molecule has 1 aliphatic rings. The van der Waals surface area contributed by atoms with Crippen molar-refractivity contribution in [1.29, 1.82) is 0 Å². The monoisotopic (exact) mass is 583 g/mol. The molecule has 4 heterocycles. The molecule has 0 aliphatic carbocycles. The van der Waals surface area contributed by atoms with Crippen LogP contribution in [0.5, 0.6) is 0 Å². The van der Waals surface area contributed by atoms with Crippen LogP contribution in [0.4, 0.5) is 14.5 Å². The predicted octanol–water partition coefficient (Wildman–Crippen LogP) is 8.54. The van der Waals surface area contributed by atoms with Gasteiger partial charge in [0.25, 0.3) is 5.56 Å². The minimum absolute atomic E-state index is 0. The van der Waals surface area contributed by atoms with Gasteiger partial charge >= 0.3 is 0 Å². The quantitative estimate of drug-likeness (QED) is 0.256. The van der Waals surface area contributed by atoms with Gasteiger partial charge in [0.2, 0.25) is 0 Å². The van der Waals surface area contributed by atoms with Crippen LogP contribution in [0.2, 0.25) is 0 Å². The maximum absolute atomic E-state index is 14.8. The summed E-state index contributed by atoms with van der Waals surface area (Å²) in [4.78, 5) is 19.8. The van der Waals surface area contributed by atoms with E-state index in [0.29, 0.717) is 5.69 Å². The Morgan fingerprint density at radius 1 is 1.00 bits per heavy atom. The van der Waals surface area contributed by atoms with E-state index in [2.05, 4.69) is 34.3 Å². The molecular weight excluding hydrogens is 532 g/mol. The number of hydrogen-bond acceptors (Lipinski definition) is 4. The van der Waals surface area contributed by atoms with Gasteiger partial charge in [-0.25, -0.2) is 13.8 Å². The Morgan fingerprint density at radius 3 is 2.24 bits per heavy atom. The van der Waals surface area contributed by atoms with Crippen LogP contribution < -0.4 is 10.9 Å². The second-order valence-corrected chi connectivity index (χ2v) is 10.2. The van der Waals surface area contributed by atoms with Crippen molar-refractivity contribution in [3.63, 3.8) is 0 Å². The molecule has 4 aromatic rings. The Kier molecular flexibility index (Phi) is 13.1. The fourth-order valence-corrected chi connectivity index (χ4v) is 5.93. The predicted molar refractivity (Wildman–Crippen MR) is 175 cm³/mol. The van der Waals surface area contributed by atoms with Crippen molar-refractivity contribution < 1.29 is 8.78 Å². The molecule has 8 heteroatoms. The number of fused-ring (bicyclic) bond motifs is 1. The number of nitrogens with zero attached hydrogens (tertiary/aromatic N) is 4. The Hall–Kier alpha value is -3.52. The fourth-order valence-electron chi connectivity index (χ4n) is 5.93. The zero-order valence-corrected chi connectivity index (χ0v) is 24.0. The number of anilines is 1. The normalized spacial score (nSPS) is 14.1. The molecule has 1 aromatic carbocycles. The fraction of sp³-hybridized carbons (Fsp3) is 0.471. The number of aryl methyl sites for hydroxylation is 3. The first-order valence-corrected chi connectivity index (χ1v) is 13.7. The molecule has 5 rings (SSSR count). The van der Waals surface area contributed by atoms with Gasteiger partial charge in [0.05, 0.1) is 17.6 Å². The van der Waals surface area contributed by atoms with Crippen molar-refractivity contribution in [3.05, 3.63) is 87.1 Å². The first-order chi connectivity index (χ1) is 18.7. The number of nitrogens with one attached hydrogen (secondary N) is 1. The molecule has 0 bridgehead atoms. The van der Waals surface area contributed by atoms with Gasteiger partial charge in [0, 0.05) is 43.5 Å². The molecule has 1 saturated heterocycles. The molecule has 0 saturated carbocycles. The van der Waals surface area contributed by atoms with Crippen LogP contribution in [-0.4, -0.2) is 39.2 Å². The zero-order valence-electron chi connectivity index (χ0n) is 24.0. The zero-order chi connectivity index (χ0) is 28.4. The Bertz CT molecular complexity index is 1510. The molecule has 0 amide bonds. The lowest BCUT2D eigenvalue weighted by Gasteiger charge is -2.37. The van der Waals surface area contributed by atoms with Gasteiger partial charge in [-0.1, -0.05) is 42.2 Å². The number of benzene rings is 1. The van der Waals surface area contributed by atoms with Crippen LogP contribution in [0.1, 0.15) is 90.2 Å². The number of halogens is 2. The van der Waals surface area contributed by atoms with E-state index in [1.165, 1.54) is 16.8 Å². The number of aromatic nitrogens is 3. The SMILES string of the molecule is C.C.C.CC.CNc1cc(=O)n(-c2ccnc3c2cc(C(C)N2CCC(c4c(C)cc(C)cc4F)CC2)n3C)cc1F. The van der Waals surface area contributed by atoms with Crippen LogP contribution in [-0.2, 0) is 7.05 Å². The molecule has 0 spiro atoms. The van der Waals surface area contributed by atoms with Crippen molar-refractivity contribution in [3.8, 4) is 5.69 Å². The van der Waals surface area contributed by atoms with Crippen LogP contribution in [0.25, 0.3) is 16.7 Å². The van der Waals surface area contributed by atoms with Crippen molar-refractivity contribution >= 4 is 16.7 Å². The van der Waals surface area contributed by atoms with Gasteiger partial charge < -0.3 is 9.88 Å². The second-order valence-electron chi connectivity index (χ2n) is 10.2. The lowest BCUT2D eigenvalue weighted by Crippen LogP contribution is -2.36. The summed E-state index contributed by atoms with van der Waals surface area (Å²) in [5, 5.41) is 3.50. The van der Waals surface area contributed by atoms with E-state index in [1.807, 2.05) is 39.3 Å². The number of piperidine rings is 1. The third-order valence-electron chi connectivity index (χ3n) is 7.87. The summed E-state index contributed by atoms with van der Waals surface area (Å²) in [6.45, 7) is 11.8. The maximum atomic E-state index is 14.8. The molecule has 6 nitrogen and oxygen atoms in total. The number of rotatable bonds is 5. The number of pyridine rings is 2. The summed E-state index contributed by atoms with van der Waals surface area (Å²) in [5.41, 5.74) is 5.08. The van der Waals surface area contributed by atoms with Crippen LogP contribution >= 0.6 is 0 Å². The molecule has 1 atom stereocenters. The highest BCUT2D eigenvalue weighted by atomic mass is 19.1. The third kappa shape index (κ3) is 6.75. The molecule has 42 heavy (non-hydrogen) atoms. The summed E-state index contributed by atoms with van der Waals surface area (Å²) < 4.78 is 32.7. The second kappa shape index (κ2) is 15.1. The summed E-state index contributed by atoms with van der Waals surface area (Å²) in [7, 11) is 3.55. The van der Waals surface area contributed by atoms with Crippen LogP contribution in [0.15, 0.2) is 47.5 Å². The average Bonchev–Trinajstić information content (AvgIpc) is 3.27. The molecular formula is C34H51F2N5O. The van der Waals surface area contributed by atoms with Crippen LogP contribution in [0, 0.1) is 25.5 Å². The van der Waals surface area contributed by atoms with E-state index in [-0.39, 0.29) is 51.3 Å². The van der Waals surface area contributed by atoms with E-state index < -0.39 is 5.82 Å². The summed E-state index contributed by atoms with van der Waals surface area (Å²) in [5.74, 6) is -0.377. The molecule has 232 valence electrons. The summed E-state index contributed by atoms with van der Waals surface area (Å²) in [6, 6.07) is 8.85. The molecule has 1 N–H and O–H groups in total.